The van der Waals surface area contributed by atoms with Crippen LogP contribution < -0.4 is 10.6 Å². The molecule has 0 unspecified atom stereocenters. The Balaban J connectivity index is 2.40. The van der Waals surface area contributed by atoms with Crippen molar-refractivity contribution >= 4 is 11.9 Å². The summed E-state index contributed by atoms with van der Waals surface area (Å²) in [7, 11) is 0. The fraction of sp³-hybridized carbons (Fsp3) is 0.467. The molecule has 0 spiro atoms. The van der Waals surface area contributed by atoms with Crippen molar-refractivity contribution in [1.29, 1.82) is 0 Å². The Kier molecular flexibility index (Phi) is 7.35. The summed E-state index contributed by atoms with van der Waals surface area (Å²) in [5.41, 5.74) is 1.07. The highest BCUT2D eigenvalue weighted by Gasteiger charge is 2.19. The van der Waals surface area contributed by atoms with E-state index in [2.05, 4.69) is 10.6 Å². The van der Waals surface area contributed by atoms with E-state index in [-0.39, 0.29) is 5.91 Å². The third-order valence-corrected chi connectivity index (χ3v) is 2.98. The summed E-state index contributed by atoms with van der Waals surface area (Å²) in [5.74, 6) is -1.22. The van der Waals surface area contributed by atoms with E-state index >= 15 is 0 Å². The number of benzene rings is 1. The van der Waals surface area contributed by atoms with E-state index in [1.807, 2.05) is 37.3 Å². The van der Waals surface area contributed by atoms with Gasteiger partial charge in [0.25, 0.3) is 0 Å². The van der Waals surface area contributed by atoms with Crippen molar-refractivity contribution in [1.82, 2.24) is 10.6 Å². The number of hydrogen-bond donors (Lipinski definition) is 3. The van der Waals surface area contributed by atoms with E-state index in [4.69, 9.17) is 5.11 Å². The fourth-order valence-corrected chi connectivity index (χ4v) is 1.86. The van der Waals surface area contributed by atoms with Gasteiger partial charge >= 0.3 is 5.97 Å². The third kappa shape index (κ3) is 6.33. The van der Waals surface area contributed by atoms with Gasteiger partial charge in [0.05, 0.1) is 0 Å². The molecule has 0 heterocycles. The van der Waals surface area contributed by atoms with Gasteiger partial charge in [-0.25, -0.2) is 4.79 Å². The molecule has 0 saturated heterocycles. The molecule has 0 aliphatic rings. The van der Waals surface area contributed by atoms with Gasteiger partial charge in [-0.1, -0.05) is 37.3 Å². The maximum absolute atomic E-state index is 11.6. The molecule has 1 atom stereocenters. The van der Waals surface area contributed by atoms with E-state index in [1.165, 1.54) is 0 Å². The van der Waals surface area contributed by atoms with Crippen molar-refractivity contribution in [2.45, 2.75) is 32.2 Å². The zero-order valence-electron chi connectivity index (χ0n) is 11.8. The highest BCUT2D eigenvalue weighted by Crippen LogP contribution is 2.05. The molecular weight excluding hydrogens is 256 g/mol. The number of carbonyl (C=O) groups excluding carboxylic acids is 1. The first-order valence-corrected chi connectivity index (χ1v) is 6.90. The Labute approximate surface area is 119 Å². The molecule has 5 nitrogen and oxygen atoms in total. The zero-order chi connectivity index (χ0) is 14.8. The molecule has 0 saturated carbocycles. The van der Waals surface area contributed by atoms with Gasteiger partial charge in [0.15, 0.2) is 0 Å². The summed E-state index contributed by atoms with van der Waals surface area (Å²) >= 11 is 0. The first kappa shape index (κ1) is 16.2. The van der Waals surface area contributed by atoms with Crippen LogP contribution in [0.1, 0.15) is 25.3 Å². The number of rotatable bonds is 9. The number of carboxylic acids is 1. The molecule has 20 heavy (non-hydrogen) atoms. The van der Waals surface area contributed by atoms with Gasteiger partial charge in [0.2, 0.25) is 5.91 Å². The van der Waals surface area contributed by atoms with Crippen molar-refractivity contribution in [2.75, 3.05) is 13.1 Å². The molecule has 1 aromatic carbocycles. The normalized spacial score (nSPS) is 11.8. The van der Waals surface area contributed by atoms with Crippen molar-refractivity contribution in [3.63, 3.8) is 0 Å². The van der Waals surface area contributed by atoms with Gasteiger partial charge in [-0.15, -0.1) is 0 Å². The minimum Gasteiger partial charge on any atom is -0.480 e. The summed E-state index contributed by atoms with van der Waals surface area (Å²) in [6.07, 6.45) is 1.32. The summed E-state index contributed by atoms with van der Waals surface area (Å²) < 4.78 is 0. The third-order valence-electron chi connectivity index (χ3n) is 2.98. The number of amides is 1. The second-order valence-electron chi connectivity index (χ2n) is 4.59. The summed E-state index contributed by atoms with van der Waals surface area (Å²) in [6, 6.07) is 8.82. The predicted octanol–water partition coefficient (Wildman–Crippen LogP) is 1.19. The van der Waals surface area contributed by atoms with Crippen LogP contribution in [0.4, 0.5) is 0 Å². The molecule has 5 heteroatoms. The lowest BCUT2D eigenvalue weighted by molar-refractivity contribution is -0.142. The Morgan fingerprint density at radius 1 is 1.25 bits per heavy atom. The molecule has 110 valence electrons. The van der Waals surface area contributed by atoms with E-state index in [0.717, 1.165) is 12.1 Å². The zero-order valence-corrected chi connectivity index (χ0v) is 11.8. The number of aliphatic carboxylic acids is 1. The summed E-state index contributed by atoms with van der Waals surface area (Å²) in [5, 5.41) is 14.7. The van der Waals surface area contributed by atoms with Gasteiger partial charge in [0.1, 0.15) is 6.04 Å². The Hall–Kier alpha value is -1.88. The molecular formula is C15H22N2O3. The van der Waals surface area contributed by atoms with Crippen LogP contribution >= 0.6 is 0 Å². The Bertz CT molecular complexity index is 420. The number of nitrogens with one attached hydrogen (secondary N) is 2. The summed E-state index contributed by atoms with van der Waals surface area (Å²) in [4.78, 5) is 22.8. The van der Waals surface area contributed by atoms with Gasteiger partial charge < -0.3 is 15.7 Å². The monoisotopic (exact) mass is 278 g/mol. The average molecular weight is 278 g/mol. The molecule has 0 aliphatic heterocycles. The molecule has 1 aromatic rings. The largest absolute Gasteiger partial charge is 0.480 e. The van der Waals surface area contributed by atoms with Crippen LogP contribution in [0.3, 0.4) is 0 Å². The highest BCUT2D eigenvalue weighted by atomic mass is 16.4. The quantitative estimate of drug-likeness (QED) is 0.593. The molecule has 1 rings (SSSR count). The topological polar surface area (TPSA) is 78.4 Å². The predicted molar refractivity (Wildman–Crippen MR) is 77.5 cm³/mol. The summed E-state index contributed by atoms with van der Waals surface area (Å²) in [6.45, 7) is 3.31. The number of carbonyl (C=O) groups is 2. The fourth-order valence-electron chi connectivity index (χ4n) is 1.86. The van der Waals surface area contributed by atoms with Crippen LogP contribution in [0.15, 0.2) is 30.3 Å². The second kappa shape index (κ2) is 9.09. The van der Waals surface area contributed by atoms with Crippen LogP contribution in [0.5, 0.6) is 0 Å². The maximum Gasteiger partial charge on any atom is 0.326 e. The van der Waals surface area contributed by atoms with E-state index in [0.29, 0.717) is 25.8 Å². The van der Waals surface area contributed by atoms with E-state index in [9.17, 15) is 9.59 Å². The average Bonchev–Trinajstić information content (AvgIpc) is 2.44. The van der Waals surface area contributed by atoms with Crippen molar-refractivity contribution in [3.05, 3.63) is 35.9 Å². The minimum absolute atomic E-state index is 0.230. The van der Waals surface area contributed by atoms with Crippen LogP contribution in [-0.2, 0) is 16.0 Å². The van der Waals surface area contributed by atoms with E-state index < -0.39 is 12.0 Å². The molecule has 0 aromatic heterocycles. The van der Waals surface area contributed by atoms with Crippen molar-refractivity contribution < 1.29 is 14.7 Å². The van der Waals surface area contributed by atoms with Gasteiger partial charge in [0, 0.05) is 13.0 Å². The lowest BCUT2D eigenvalue weighted by atomic mass is 10.1. The van der Waals surface area contributed by atoms with E-state index in [1.54, 1.807) is 0 Å². The van der Waals surface area contributed by atoms with Crippen molar-refractivity contribution in [3.8, 4) is 0 Å². The lowest BCUT2D eigenvalue weighted by Crippen LogP contribution is -2.42. The van der Waals surface area contributed by atoms with Crippen molar-refractivity contribution in [2.24, 2.45) is 0 Å². The molecule has 0 radical (unpaired) electrons. The molecule has 3 N–H and O–H groups in total. The second-order valence-corrected chi connectivity index (χ2v) is 4.59. The first-order valence-electron chi connectivity index (χ1n) is 6.90. The molecule has 0 bridgehead atoms. The lowest BCUT2D eigenvalue weighted by Gasteiger charge is -2.14. The smallest absolute Gasteiger partial charge is 0.326 e. The standard InChI is InChI=1S/C15H22N2O3/c1-2-16-11-10-14(18)17-13(15(19)20)9-8-12-6-4-3-5-7-12/h3-7,13,16H,2,8-11H2,1H3,(H,17,18)(H,19,20)/t13-/m0/s1. The maximum atomic E-state index is 11.6. The van der Waals surface area contributed by atoms with Gasteiger partial charge in [-0.3, -0.25) is 4.79 Å². The first-order chi connectivity index (χ1) is 9.63. The van der Waals surface area contributed by atoms with Gasteiger partial charge in [-0.2, -0.15) is 0 Å². The van der Waals surface area contributed by atoms with Crippen LogP contribution in [0, 0.1) is 0 Å². The van der Waals surface area contributed by atoms with Gasteiger partial charge in [-0.05, 0) is 24.9 Å². The molecule has 1 amide bonds. The Morgan fingerprint density at radius 2 is 1.95 bits per heavy atom. The number of aryl methyl sites for hydroxylation is 1. The molecule has 0 aliphatic carbocycles. The van der Waals surface area contributed by atoms with Crippen LogP contribution in [0.25, 0.3) is 0 Å². The number of hydrogen-bond acceptors (Lipinski definition) is 3. The number of carboxylic acid groups (broad SMARTS) is 1. The Morgan fingerprint density at radius 3 is 2.55 bits per heavy atom. The van der Waals surface area contributed by atoms with Crippen LogP contribution in [0.2, 0.25) is 0 Å². The SMILES string of the molecule is CCNCCC(=O)N[C@@H](CCc1ccccc1)C(=O)O. The highest BCUT2D eigenvalue weighted by molar-refractivity contribution is 5.83. The molecule has 0 fully saturated rings. The van der Waals surface area contributed by atoms with Crippen LogP contribution in [-0.4, -0.2) is 36.1 Å². The minimum atomic E-state index is -0.988.